The Morgan fingerprint density at radius 1 is 0.873 bits per heavy atom. The molecule has 0 radical (unpaired) electrons. The normalized spacial score (nSPS) is 16.8. The Balaban J connectivity index is 0.751. The van der Waals surface area contributed by atoms with Crippen LogP contribution in [0.3, 0.4) is 0 Å². The molecule has 6 heterocycles. The highest BCUT2D eigenvalue weighted by Crippen LogP contribution is 2.42. The molecule has 14 heteroatoms. The van der Waals surface area contributed by atoms with Gasteiger partial charge in [-0.05, 0) is 109 Å². The summed E-state index contributed by atoms with van der Waals surface area (Å²) in [6, 6.07) is 29.1. The van der Waals surface area contributed by atoms with E-state index >= 15 is 13.2 Å². The van der Waals surface area contributed by atoms with E-state index in [1.54, 1.807) is 41.7 Å². The van der Waals surface area contributed by atoms with Crippen LogP contribution in [0.5, 0.6) is 0 Å². The lowest BCUT2D eigenvalue weighted by Crippen LogP contribution is -2.47. The third kappa shape index (κ3) is 10.1. The summed E-state index contributed by atoms with van der Waals surface area (Å²) in [5.41, 5.74) is 11.5. The smallest absolute Gasteiger partial charge is 0.363 e. The number of fused-ring (bicyclic) bond motifs is 3. The first-order chi connectivity index (χ1) is 34.3. The van der Waals surface area contributed by atoms with Crippen molar-refractivity contribution in [2.24, 2.45) is 7.05 Å². The van der Waals surface area contributed by atoms with Crippen LogP contribution in [-0.2, 0) is 32.6 Å². The van der Waals surface area contributed by atoms with E-state index in [9.17, 15) is 0 Å². The highest BCUT2D eigenvalue weighted by atomic mass is 32.1. The molecule has 2 saturated heterocycles. The molecule has 3 N–H and O–H groups in total. The van der Waals surface area contributed by atoms with E-state index in [0.29, 0.717) is 61.7 Å². The standard InChI is InChI=1S/C57H59F3N10S/c1-7-49-45(24-25-53(64-49)70-28-26-40-13-10-16-43(48(40)35-70)38(4)63-56-65-50-18-8-9-19-52(50)71-56)46-17-11-14-41(54(46)57(58,59)60)15-12-27-68-29-31-69(32-30-68)34-37(3)62-42-21-23-47-51(33-42)67(6)66-55(47)44-22-20-36(2)61-39(44)5/h7-11,13-14,16-19,21,23-25,33,44,61-62H,1-5,12,15,20,22,26-32,34-35H2,6H3,(H,63,65). The van der Waals surface area contributed by atoms with Gasteiger partial charge in [0, 0.05) is 104 Å². The monoisotopic (exact) mass is 972 g/mol. The Labute approximate surface area is 417 Å². The summed E-state index contributed by atoms with van der Waals surface area (Å²) in [5, 5.41) is 17.0. The molecule has 4 aromatic carbocycles. The van der Waals surface area contributed by atoms with E-state index in [1.165, 1.54) is 5.56 Å². The molecule has 0 bridgehead atoms. The van der Waals surface area contributed by atoms with Gasteiger partial charge in [-0.3, -0.25) is 9.58 Å². The van der Waals surface area contributed by atoms with Crippen LogP contribution in [0.25, 0.3) is 44.0 Å². The largest absolute Gasteiger partial charge is 0.417 e. The highest BCUT2D eigenvalue weighted by molar-refractivity contribution is 7.22. The first-order valence-electron chi connectivity index (χ1n) is 24.3. The zero-order valence-electron chi connectivity index (χ0n) is 40.2. The topological polar surface area (TPSA) is 89.4 Å². The number of anilines is 3. The average molecular weight is 973 g/mol. The maximum absolute atomic E-state index is 15.2. The number of piperazine rings is 1. The molecule has 0 aliphatic carbocycles. The number of nitrogens with zero attached hydrogens (tertiary/aromatic N) is 7. The lowest BCUT2D eigenvalue weighted by Gasteiger charge is -2.35. The molecule has 0 spiro atoms. The summed E-state index contributed by atoms with van der Waals surface area (Å²) in [5.74, 6) is 0.816. The fraction of sp³-hybridized carbons (Fsp3) is 0.281. The summed E-state index contributed by atoms with van der Waals surface area (Å²) in [7, 11) is 1.97. The molecular weight excluding hydrogens is 914 g/mol. The number of hydrogen-bond donors (Lipinski definition) is 3. The van der Waals surface area contributed by atoms with Crippen molar-refractivity contribution in [3.63, 3.8) is 0 Å². The fourth-order valence-electron chi connectivity index (χ4n) is 10.5. The molecule has 1 unspecified atom stereocenters. The van der Waals surface area contributed by atoms with E-state index in [4.69, 9.17) is 15.1 Å². The lowest BCUT2D eigenvalue weighted by atomic mass is 9.90. The quantitative estimate of drug-likeness (QED) is 0.0929. The van der Waals surface area contributed by atoms with Crippen LogP contribution in [0, 0.1) is 0 Å². The molecule has 2 fully saturated rings. The van der Waals surface area contributed by atoms with Crippen molar-refractivity contribution in [2.45, 2.75) is 50.7 Å². The van der Waals surface area contributed by atoms with Gasteiger partial charge in [0.15, 0.2) is 5.13 Å². The van der Waals surface area contributed by atoms with E-state index in [-0.39, 0.29) is 11.5 Å². The zero-order valence-corrected chi connectivity index (χ0v) is 41.0. The van der Waals surface area contributed by atoms with E-state index in [1.807, 2.05) is 36.0 Å². The van der Waals surface area contributed by atoms with E-state index < -0.39 is 11.7 Å². The number of pyridine rings is 1. The fourth-order valence-corrected chi connectivity index (χ4v) is 11.4. The van der Waals surface area contributed by atoms with Crippen LogP contribution >= 0.6 is 11.3 Å². The molecule has 0 saturated carbocycles. The van der Waals surface area contributed by atoms with Crippen molar-refractivity contribution >= 4 is 60.9 Å². The van der Waals surface area contributed by atoms with Crippen molar-refractivity contribution in [1.82, 2.24) is 34.9 Å². The maximum Gasteiger partial charge on any atom is 0.417 e. The number of para-hydroxylation sites is 1. The van der Waals surface area contributed by atoms with Gasteiger partial charge in [0.1, 0.15) is 5.82 Å². The summed E-state index contributed by atoms with van der Waals surface area (Å²) in [6.45, 7) is 27.1. The van der Waals surface area contributed by atoms with Crippen molar-refractivity contribution in [2.75, 3.05) is 61.3 Å². The molecule has 1 atom stereocenters. The predicted octanol–water partition coefficient (Wildman–Crippen LogP) is 12.2. The molecule has 10 nitrogen and oxygen atoms in total. The van der Waals surface area contributed by atoms with Gasteiger partial charge < -0.3 is 25.8 Å². The van der Waals surface area contributed by atoms with E-state index in [0.717, 1.165) is 117 Å². The number of aryl methyl sites for hydroxylation is 2. The van der Waals surface area contributed by atoms with Crippen LogP contribution in [-0.4, -0.2) is 75.4 Å². The predicted molar refractivity (Wildman–Crippen MR) is 286 cm³/mol. The number of hydrogen-bond acceptors (Lipinski definition) is 10. The maximum atomic E-state index is 15.2. The number of thiazole rings is 1. The number of benzene rings is 4. The van der Waals surface area contributed by atoms with Gasteiger partial charge in [-0.1, -0.05) is 92.8 Å². The Bertz CT molecular complexity index is 3180. The zero-order chi connectivity index (χ0) is 49.4. The minimum Gasteiger partial charge on any atom is -0.363 e. The number of halogens is 3. The van der Waals surface area contributed by atoms with Crippen molar-refractivity contribution in [3.8, 4) is 11.1 Å². The second kappa shape index (κ2) is 20.0. The summed E-state index contributed by atoms with van der Waals surface area (Å²) in [4.78, 5) is 16.6. The molecule has 71 heavy (non-hydrogen) atoms. The number of nitrogens with one attached hydrogen (secondary N) is 3. The first kappa shape index (κ1) is 47.7. The molecule has 10 rings (SSSR count). The van der Waals surface area contributed by atoms with Gasteiger partial charge in [0.25, 0.3) is 0 Å². The van der Waals surface area contributed by atoms with Gasteiger partial charge in [0.2, 0.25) is 0 Å². The molecular formula is C57H59F3N10S. The molecule has 7 aromatic rings. The Morgan fingerprint density at radius 3 is 2.46 bits per heavy atom. The van der Waals surface area contributed by atoms with Crippen LogP contribution in [0.1, 0.15) is 64.4 Å². The SMILES string of the molecule is C=Cc1nc(N2CCc3cccc(C(=C)Nc4nc5ccccc5s4)c3C2)ccc1-c1cccc(CCCN2CCN(CC(=C)Nc3ccc4c(C5CCC(=C)NC5=C)nn(C)c4c3)CC2)c1C(F)(F)F. The average Bonchev–Trinajstić information content (AvgIpc) is 3.92. The first-order valence-corrected chi connectivity index (χ1v) is 25.1. The third-order valence-corrected chi connectivity index (χ3v) is 15.1. The van der Waals surface area contributed by atoms with Crippen LogP contribution in [0.4, 0.5) is 29.8 Å². The Hall–Kier alpha value is -7.00. The molecule has 0 amide bonds. The van der Waals surface area contributed by atoms with Crippen molar-refractivity contribution in [1.29, 1.82) is 0 Å². The minimum absolute atomic E-state index is 0.120. The molecule has 3 aromatic heterocycles. The summed E-state index contributed by atoms with van der Waals surface area (Å²) < 4.78 is 48.5. The van der Waals surface area contributed by atoms with Gasteiger partial charge >= 0.3 is 6.18 Å². The molecule has 364 valence electrons. The number of rotatable bonds is 15. The van der Waals surface area contributed by atoms with E-state index in [2.05, 4.69) is 106 Å². The van der Waals surface area contributed by atoms with Crippen LogP contribution < -0.4 is 20.9 Å². The molecule has 3 aliphatic heterocycles. The van der Waals surface area contributed by atoms with Gasteiger partial charge in [-0.25, -0.2) is 9.97 Å². The van der Waals surface area contributed by atoms with Gasteiger partial charge in [0.05, 0.1) is 32.7 Å². The van der Waals surface area contributed by atoms with Crippen LogP contribution in [0.15, 0.2) is 141 Å². The summed E-state index contributed by atoms with van der Waals surface area (Å²) >= 11 is 1.58. The number of aromatic nitrogens is 4. The third-order valence-electron chi connectivity index (χ3n) is 14.1. The summed E-state index contributed by atoms with van der Waals surface area (Å²) in [6.07, 6.45) is 0.513. The lowest BCUT2D eigenvalue weighted by molar-refractivity contribution is -0.137. The second-order valence-electron chi connectivity index (χ2n) is 18.9. The second-order valence-corrected chi connectivity index (χ2v) is 19.9. The Kier molecular flexibility index (Phi) is 13.4. The van der Waals surface area contributed by atoms with Gasteiger partial charge in [-0.2, -0.15) is 18.3 Å². The number of piperidine rings is 1. The van der Waals surface area contributed by atoms with Crippen LogP contribution in [0.2, 0.25) is 0 Å². The van der Waals surface area contributed by atoms with Crippen molar-refractivity contribution in [3.05, 3.63) is 180 Å². The number of allylic oxidation sites excluding steroid dienone is 2. The van der Waals surface area contributed by atoms with Crippen molar-refractivity contribution < 1.29 is 13.2 Å². The highest BCUT2D eigenvalue weighted by Gasteiger charge is 2.37. The van der Waals surface area contributed by atoms with Gasteiger partial charge in [-0.15, -0.1) is 0 Å². The Morgan fingerprint density at radius 2 is 1.68 bits per heavy atom. The minimum atomic E-state index is -4.56. The number of alkyl halides is 3. The molecule has 3 aliphatic rings.